The Morgan fingerprint density at radius 2 is 2.13 bits per heavy atom. The van der Waals surface area contributed by atoms with E-state index < -0.39 is 5.97 Å². The number of hydrogen-bond acceptors (Lipinski definition) is 2. The van der Waals surface area contributed by atoms with Crippen LogP contribution in [0.2, 0.25) is 0 Å². The van der Waals surface area contributed by atoms with E-state index in [1.807, 2.05) is 0 Å². The Bertz CT molecular complexity index is 292. The smallest absolute Gasteiger partial charge is 0.308 e. The van der Waals surface area contributed by atoms with E-state index in [-0.39, 0.29) is 12.0 Å². The van der Waals surface area contributed by atoms with Gasteiger partial charge in [0.2, 0.25) is 0 Å². The Balaban J connectivity index is 2.02. The first-order valence-corrected chi connectivity index (χ1v) is 6.18. The van der Waals surface area contributed by atoms with E-state index in [9.17, 15) is 9.90 Å². The van der Waals surface area contributed by atoms with Crippen molar-refractivity contribution in [1.29, 1.82) is 0 Å². The molecule has 0 saturated heterocycles. The van der Waals surface area contributed by atoms with E-state index >= 15 is 0 Å². The second-order valence-corrected chi connectivity index (χ2v) is 5.74. The highest BCUT2D eigenvalue weighted by molar-refractivity contribution is 9.11. The molecule has 2 aliphatic carbocycles. The summed E-state index contributed by atoms with van der Waals surface area (Å²) in [5, 5.41) is 12.5. The van der Waals surface area contributed by atoms with Crippen molar-refractivity contribution in [3.8, 4) is 0 Å². The summed E-state index contributed by atoms with van der Waals surface area (Å²) < 4.78 is 0.884. The van der Waals surface area contributed by atoms with Crippen molar-refractivity contribution in [1.82, 2.24) is 5.32 Å². The first kappa shape index (κ1) is 11.1. The number of carbonyl (C=O) groups is 1. The highest BCUT2D eigenvalue weighted by Gasteiger charge is 2.50. The van der Waals surface area contributed by atoms with Gasteiger partial charge >= 0.3 is 5.97 Å². The number of carboxylic acids is 1. The lowest BCUT2D eigenvalue weighted by atomic mass is 9.84. The molecule has 84 valence electrons. The normalized spacial score (nSPS) is 38.2. The van der Waals surface area contributed by atoms with Gasteiger partial charge in [-0.3, -0.25) is 4.79 Å². The van der Waals surface area contributed by atoms with Crippen LogP contribution >= 0.6 is 15.9 Å². The van der Waals surface area contributed by atoms with E-state index in [1.54, 1.807) is 0 Å². The van der Waals surface area contributed by atoms with Crippen molar-refractivity contribution in [3.63, 3.8) is 0 Å². The van der Waals surface area contributed by atoms with Gasteiger partial charge in [-0.25, -0.2) is 0 Å². The molecule has 4 unspecified atom stereocenters. The fraction of sp³-hybridized carbons (Fsp3) is 0.727. The lowest BCUT2D eigenvalue weighted by Crippen LogP contribution is -2.44. The molecule has 0 aromatic heterocycles. The molecule has 3 nitrogen and oxygen atoms in total. The molecule has 4 heteroatoms. The van der Waals surface area contributed by atoms with Crippen LogP contribution in [0.15, 0.2) is 11.1 Å². The lowest BCUT2D eigenvalue weighted by molar-refractivity contribution is -0.144. The van der Waals surface area contributed by atoms with Crippen molar-refractivity contribution in [2.75, 3.05) is 6.54 Å². The number of fused-ring (bicyclic) bond motifs is 2. The minimum absolute atomic E-state index is 0.149. The number of halogens is 1. The van der Waals surface area contributed by atoms with Gasteiger partial charge in [0.15, 0.2) is 0 Å². The standard InChI is InChI=1S/C11H16BrNO2/c1-6(12)5-13-10-8-3-2-7(4-8)9(10)11(14)15/h7-10,13H,1-5H2,(H,14,15). The minimum atomic E-state index is -0.639. The summed E-state index contributed by atoms with van der Waals surface area (Å²) in [5.74, 6) is 0.132. The fourth-order valence-corrected chi connectivity index (χ4v) is 3.33. The second kappa shape index (κ2) is 4.26. The van der Waals surface area contributed by atoms with Crippen molar-refractivity contribution in [2.24, 2.45) is 17.8 Å². The summed E-state index contributed by atoms with van der Waals surface area (Å²) in [4.78, 5) is 11.2. The molecule has 0 aliphatic heterocycles. The summed E-state index contributed by atoms with van der Waals surface area (Å²) in [7, 11) is 0. The molecule has 0 aromatic carbocycles. The van der Waals surface area contributed by atoms with Crippen molar-refractivity contribution in [3.05, 3.63) is 11.1 Å². The van der Waals surface area contributed by atoms with Gasteiger partial charge in [0.05, 0.1) is 5.92 Å². The number of nitrogens with one attached hydrogen (secondary N) is 1. The average molecular weight is 274 g/mol. The lowest BCUT2D eigenvalue weighted by Gasteiger charge is -2.28. The van der Waals surface area contributed by atoms with Gasteiger partial charge in [0.25, 0.3) is 0 Å². The quantitative estimate of drug-likeness (QED) is 0.824. The van der Waals surface area contributed by atoms with Crippen LogP contribution in [0.1, 0.15) is 19.3 Å². The van der Waals surface area contributed by atoms with Crippen LogP contribution in [0.5, 0.6) is 0 Å². The predicted octanol–water partition coefficient (Wildman–Crippen LogP) is 1.98. The van der Waals surface area contributed by atoms with Crippen LogP contribution in [0.4, 0.5) is 0 Å². The summed E-state index contributed by atoms with van der Waals surface area (Å²) in [5.41, 5.74) is 0. The second-order valence-electron chi connectivity index (χ2n) is 4.62. The molecule has 0 aromatic rings. The summed E-state index contributed by atoms with van der Waals surface area (Å²) in [6.45, 7) is 4.42. The molecule has 2 rings (SSSR count). The van der Waals surface area contributed by atoms with E-state index in [4.69, 9.17) is 0 Å². The zero-order chi connectivity index (χ0) is 11.0. The summed E-state index contributed by atoms with van der Waals surface area (Å²) >= 11 is 3.29. The summed E-state index contributed by atoms with van der Waals surface area (Å²) in [6.07, 6.45) is 3.36. The van der Waals surface area contributed by atoms with Crippen LogP contribution in [0.25, 0.3) is 0 Å². The predicted molar refractivity (Wildman–Crippen MR) is 61.8 cm³/mol. The maximum atomic E-state index is 11.2. The molecular weight excluding hydrogens is 258 g/mol. The van der Waals surface area contributed by atoms with E-state index in [2.05, 4.69) is 27.8 Å². The van der Waals surface area contributed by atoms with E-state index in [0.717, 1.165) is 17.3 Å². The molecule has 2 bridgehead atoms. The van der Waals surface area contributed by atoms with Crippen LogP contribution in [-0.4, -0.2) is 23.7 Å². The van der Waals surface area contributed by atoms with E-state index in [0.29, 0.717) is 18.4 Å². The molecule has 0 spiro atoms. The molecule has 0 radical (unpaired) electrons. The Kier molecular flexibility index (Phi) is 3.16. The Morgan fingerprint density at radius 3 is 2.73 bits per heavy atom. The molecule has 2 saturated carbocycles. The SMILES string of the molecule is C=C(Br)CNC1C2CCC(C2)C1C(=O)O. The average Bonchev–Trinajstić information content (AvgIpc) is 2.72. The molecule has 4 atom stereocenters. The number of rotatable bonds is 4. The van der Waals surface area contributed by atoms with Crippen molar-refractivity contribution in [2.45, 2.75) is 25.3 Å². The van der Waals surface area contributed by atoms with Gasteiger partial charge in [-0.15, -0.1) is 0 Å². The molecule has 15 heavy (non-hydrogen) atoms. The van der Waals surface area contributed by atoms with Crippen LogP contribution in [0.3, 0.4) is 0 Å². The van der Waals surface area contributed by atoms with Crippen LogP contribution in [-0.2, 0) is 4.79 Å². The van der Waals surface area contributed by atoms with Gasteiger partial charge in [-0.1, -0.05) is 22.5 Å². The fourth-order valence-electron chi connectivity index (χ4n) is 3.17. The highest BCUT2D eigenvalue weighted by atomic mass is 79.9. The third kappa shape index (κ3) is 2.11. The Hall–Kier alpha value is -0.350. The molecule has 0 amide bonds. The van der Waals surface area contributed by atoms with Crippen LogP contribution in [0, 0.1) is 17.8 Å². The van der Waals surface area contributed by atoms with Crippen molar-refractivity contribution >= 4 is 21.9 Å². The largest absolute Gasteiger partial charge is 0.481 e. The zero-order valence-corrected chi connectivity index (χ0v) is 10.2. The molecular formula is C11H16BrNO2. The number of aliphatic carboxylic acids is 1. The van der Waals surface area contributed by atoms with Crippen molar-refractivity contribution < 1.29 is 9.90 Å². The van der Waals surface area contributed by atoms with Gasteiger partial charge in [-0.2, -0.15) is 0 Å². The Morgan fingerprint density at radius 1 is 1.47 bits per heavy atom. The maximum absolute atomic E-state index is 11.2. The first-order chi connectivity index (χ1) is 7.09. The van der Waals surface area contributed by atoms with Gasteiger partial charge in [0, 0.05) is 17.1 Å². The van der Waals surface area contributed by atoms with Gasteiger partial charge in [0.1, 0.15) is 0 Å². The van der Waals surface area contributed by atoms with Gasteiger partial charge < -0.3 is 10.4 Å². The molecule has 0 heterocycles. The number of hydrogen-bond donors (Lipinski definition) is 2. The van der Waals surface area contributed by atoms with Gasteiger partial charge in [-0.05, 0) is 31.1 Å². The third-order valence-electron chi connectivity index (χ3n) is 3.73. The monoisotopic (exact) mass is 273 g/mol. The third-order valence-corrected chi connectivity index (χ3v) is 4.01. The summed E-state index contributed by atoms with van der Waals surface area (Å²) in [6, 6.07) is 0.149. The zero-order valence-electron chi connectivity index (χ0n) is 8.58. The molecule has 2 aliphatic rings. The highest BCUT2D eigenvalue weighted by Crippen LogP contribution is 2.48. The minimum Gasteiger partial charge on any atom is -0.481 e. The van der Waals surface area contributed by atoms with E-state index in [1.165, 1.54) is 6.42 Å². The topological polar surface area (TPSA) is 49.3 Å². The first-order valence-electron chi connectivity index (χ1n) is 5.39. The van der Waals surface area contributed by atoms with Crippen LogP contribution < -0.4 is 5.32 Å². The number of carboxylic acid groups (broad SMARTS) is 1. The molecule has 2 N–H and O–H groups in total. The Labute approximate surface area is 98.1 Å². The maximum Gasteiger partial charge on any atom is 0.308 e. The molecule has 2 fully saturated rings.